The molecule has 0 radical (unpaired) electrons. The third-order valence-corrected chi connectivity index (χ3v) is 1.83. The van der Waals surface area contributed by atoms with Crippen LogP contribution in [0.25, 0.3) is 0 Å². The minimum absolute atomic E-state index is 0.386. The zero-order valence-electron chi connectivity index (χ0n) is 7.15. The van der Waals surface area contributed by atoms with Crippen molar-refractivity contribution in [1.29, 1.82) is 0 Å². The Kier molecular flexibility index (Phi) is 2.99. The number of halogens is 6. The van der Waals surface area contributed by atoms with E-state index in [1.165, 1.54) is 0 Å². The van der Waals surface area contributed by atoms with Crippen molar-refractivity contribution in [3.8, 4) is 0 Å². The van der Waals surface area contributed by atoms with Gasteiger partial charge in [0, 0.05) is 12.8 Å². The van der Waals surface area contributed by atoms with E-state index in [2.05, 4.69) is 4.74 Å². The molecule has 0 saturated heterocycles. The summed E-state index contributed by atoms with van der Waals surface area (Å²) in [5, 5.41) is 0. The summed E-state index contributed by atoms with van der Waals surface area (Å²) in [6.45, 7) is 0. The quantitative estimate of drug-likeness (QED) is 0.687. The number of alkyl halides is 6. The highest BCUT2D eigenvalue weighted by molar-refractivity contribution is 5.85. The smallest absolute Gasteiger partial charge is 0.357 e. The summed E-state index contributed by atoms with van der Waals surface area (Å²) in [4.78, 5) is 10.3. The first-order valence-corrected chi connectivity index (χ1v) is 3.91. The number of Topliss-reactive ketones (excluding diaryl/α,β-unsaturated/α-hetero) is 1. The number of hydrogen-bond acceptors (Lipinski definition) is 2. The van der Waals surface area contributed by atoms with Gasteiger partial charge in [0.2, 0.25) is 6.10 Å². The number of carbonyl (C=O) groups is 1. The van der Waals surface area contributed by atoms with Crippen molar-refractivity contribution in [3.05, 3.63) is 0 Å². The second-order valence-corrected chi connectivity index (χ2v) is 3.17. The van der Waals surface area contributed by atoms with Crippen molar-refractivity contribution >= 4 is 5.78 Å². The van der Waals surface area contributed by atoms with Crippen LogP contribution in [0.4, 0.5) is 26.3 Å². The van der Waals surface area contributed by atoms with Gasteiger partial charge in [0.1, 0.15) is 5.78 Å². The molecule has 1 aliphatic carbocycles. The monoisotopic (exact) mass is 236 g/mol. The lowest BCUT2D eigenvalue weighted by molar-refractivity contribution is -0.333. The lowest BCUT2D eigenvalue weighted by Crippen LogP contribution is -2.49. The van der Waals surface area contributed by atoms with Crippen molar-refractivity contribution < 1.29 is 35.9 Å². The van der Waals surface area contributed by atoms with Crippen molar-refractivity contribution in [2.24, 2.45) is 0 Å². The van der Waals surface area contributed by atoms with E-state index in [1.54, 1.807) is 0 Å². The molecule has 0 heterocycles. The van der Waals surface area contributed by atoms with Crippen molar-refractivity contribution in [1.82, 2.24) is 0 Å². The average molecular weight is 236 g/mol. The average Bonchev–Trinajstić information content (AvgIpc) is 1.90. The SMILES string of the molecule is O=C1CC(OC(C(F)(F)F)C(F)(F)F)C1. The number of ether oxygens (including phenoxy) is 1. The predicted octanol–water partition coefficient (Wildman–Crippen LogP) is 2.23. The molecule has 1 saturated carbocycles. The summed E-state index contributed by atoms with van der Waals surface area (Å²) in [6.07, 6.45) is -16.9. The zero-order chi connectivity index (χ0) is 11.9. The Bertz CT molecular complexity index is 233. The van der Waals surface area contributed by atoms with Crippen LogP contribution in [0.15, 0.2) is 0 Å². The maximum Gasteiger partial charge on any atom is 0.423 e. The molecule has 1 aliphatic rings. The first-order chi connectivity index (χ1) is 6.60. The third kappa shape index (κ3) is 3.08. The molecule has 88 valence electrons. The maximum atomic E-state index is 11.9. The van der Waals surface area contributed by atoms with Gasteiger partial charge < -0.3 is 4.74 Å². The fraction of sp³-hybridized carbons (Fsp3) is 0.857. The topological polar surface area (TPSA) is 26.3 Å². The number of hydrogen-bond donors (Lipinski definition) is 0. The molecule has 0 aromatic heterocycles. The van der Waals surface area contributed by atoms with Gasteiger partial charge in [-0.25, -0.2) is 0 Å². The fourth-order valence-electron chi connectivity index (χ4n) is 1.08. The fourth-order valence-corrected chi connectivity index (χ4v) is 1.08. The number of rotatable bonds is 2. The first kappa shape index (κ1) is 12.3. The van der Waals surface area contributed by atoms with Crippen LogP contribution in [-0.2, 0) is 9.53 Å². The van der Waals surface area contributed by atoms with E-state index >= 15 is 0 Å². The molecule has 0 N–H and O–H groups in total. The van der Waals surface area contributed by atoms with Crippen molar-refractivity contribution in [2.45, 2.75) is 37.4 Å². The van der Waals surface area contributed by atoms with Crippen LogP contribution in [0, 0.1) is 0 Å². The first-order valence-electron chi connectivity index (χ1n) is 3.91. The molecule has 0 aromatic carbocycles. The van der Waals surface area contributed by atoms with Crippen LogP contribution in [0.2, 0.25) is 0 Å². The van der Waals surface area contributed by atoms with Crippen LogP contribution < -0.4 is 0 Å². The molecule has 0 atom stereocenters. The highest BCUT2D eigenvalue weighted by atomic mass is 19.4. The Hall–Kier alpha value is -0.790. The van der Waals surface area contributed by atoms with Gasteiger partial charge in [0.05, 0.1) is 6.10 Å². The van der Waals surface area contributed by atoms with E-state index in [1.807, 2.05) is 0 Å². The minimum atomic E-state index is -5.50. The van der Waals surface area contributed by atoms with Crippen LogP contribution in [-0.4, -0.2) is 30.3 Å². The predicted molar refractivity (Wildman–Crippen MR) is 35.0 cm³/mol. The van der Waals surface area contributed by atoms with E-state index in [0.29, 0.717) is 0 Å². The van der Waals surface area contributed by atoms with E-state index in [-0.39, 0.29) is 12.8 Å². The number of carbonyl (C=O) groups excluding carboxylic acids is 1. The standard InChI is InChI=1S/C7H6F6O2/c8-6(9,10)5(7(11,12)13)15-4-1-3(14)2-4/h4-5H,1-2H2. The maximum absolute atomic E-state index is 11.9. The third-order valence-electron chi connectivity index (χ3n) is 1.83. The van der Waals surface area contributed by atoms with Gasteiger partial charge in [0.25, 0.3) is 0 Å². The second-order valence-electron chi connectivity index (χ2n) is 3.17. The number of ketones is 1. The molecule has 1 fully saturated rings. The van der Waals surface area contributed by atoms with Crippen LogP contribution in [0.1, 0.15) is 12.8 Å². The molecule has 8 heteroatoms. The molecule has 1 rings (SSSR count). The zero-order valence-corrected chi connectivity index (χ0v) is 7.15. The summed E-state index contributed by atoms with van der Waals surface area (Å²) in [5.74, 6) is -0.400. The highest BCUT2D eigenvalue weighted by Gasteiger charge is 2.59. The van der Waals surface area contributed by atoms with Crippen LogP contribution in [0.5, 0.6) is 0 Å². The minimum Gasteiger partial charge on any atom is -0.357 e. The lowest BCUT2D eigenvalue weighted by atomic mass is 9.94. The summed E-state index contributed by atoms with van der Waals surface area (Å²) in [7, 11) is 0. The van der Waals surface area contributed by atoms with E-state index in [4.69, 9.17) is 0 Å². The summed E-state index contributed by atoms with van der Waals surface area (Å²) >= 11 is 0. The van der Waals surface area contributed by atoms with Crippen LogP contribution in [0.3, 0.4) is 0 Å². The normalized spacial score (nSPS) is 19.5. The van der Waals surface area contributed by atoms with Crippen LogP contribution >= 0.6 is 0 Å². The van der Waals surface area contributed by atoms with Gasteiger partial charge in [-0.2, -0.15) is 26.3 Å². The molecule has 0 aliphatic heterocycles. The Morgan fingerprint density at radius 1 is 1.07 bits per heavy atom. The molecule has 0 aromatic rings. The molecule has 0 bridgehead atoms. The lowest BCUT2D eigenvalue weighted by Gasteiger charge is -2.31. The highest BCUT2D eigenvalue weighted by Crippen LogP contribution is 2.38. The van der Waals surface area contributed by atoms with Crippen molar-refractivity contribution in [2.75, 3.05) is 0 Å². The molecular formula is C7H6F6O2. The van der Waals surface area contributed by atoms with Crippen molar-refractivity contribution in [3.63, 3.8) is 0 Å². The Balaban J connectivity index is 2.62. The summed E-state index contributed by atoms with van der Waals surface area (Å²) in [6, 6.07) is 0. The van der Waals surface area contributed by atoms with E-state index in [9.17, 15) is 31.1 Å². The van der Waals surface area contributed by atoms with E-state index in [0.717, 1.165) is 0 Å². The molecule has 0 spiro atoms. The molecule has 2 nitrogen and oxygen atoms in total. The van der Waals surface area contributed by atoms with Gasteiger partial charge in [-0.15, -0.1) is 0 Å². The summed E-state index contributed by atoms with van der Waals surface area (Å²) in [5.41, 5.74) is 0. The Morgan fingerprint density at radius 2 is 1.47 bits per heavy atom. The largest absolute Gasteiger partial charge is 0.423 e. The Morgan fingerprint density at radius 3 is 1.73 bits per heavy atom. The second kappa shape index (κ2) is 3.66. The molecular weight excluding hydrogens is 230 g/mol. The summed E-state index contributed by atoms with van der Waals surface area (Å²) < 4.78 is 75.2. The molecule has 0 amide bonds. The molecule has 0 unspecified atom stereocenters. The van der Waals surface area contributed by atoms with Gasteiger partial charge in [-0.1, -0.05) is 0 Å². The van der Waals surface area contributed by atoms with Gasteiger partial charge in [-0.05, 0) is 0 Å². The Labute approximate surface area is 80.2 Å². The van der Waals surface area contributed by atoms with E-state index < -0.39 is 30.3 Å². The van der Waals surface area contributed by atoms with Gasteiger partial charge in [0.15, 0.2) is 0 Å². The molecule has 15 heavy (non-hydrogen) atoms. The van der Waals surface area contributed by atoms with Gasteiger partial charge in [-0.3, -0.25) is 4.79 Å². The van der Waals surface area contributed by atoms with Gasteiger partial charge >= 0.3 is 12.4 Å².